The van der Waals surface area contributed by atoms with E-state index in [0.29, 0.717) is 23.0 Å². The van der Waals surface area contributed by atoms with Gasteiger partial charge in [0.25, 0.3) is 5.91 Å². The topological polar surface area (TPSA) is 64.1 Å². The molecule has 0 bridgehead atoms. The maximum absolute atomic E-state index is 12.3. The second kappa shape index (κ2) is 8.45. The molecule has 0 aliphatic carbocycles. The molecule has 0 spiro atoms. The van der Waals surface area contributed by atoms with E-state index in [4.69, 9.17) is 4.74 Å². The van der Waals surface area contributed by atoms with Gasteiger partial charge in [-0.2, -0.15) is 4.98 Å². The third kappa shape index (κ3) is 4.91. The molecule has 1 aromatic heterocycles. The molecule has 1 atom stereocenters. The number of carbonyl (C=O) groups is 1. The number of hydrogen-bond donors (Lipinski definition) is 1. The van der Waals surface area contributed by atoms with E-state index < -0.39 is 0 Å². The first-order chi connectivity index (χ1) is 13.0. The van der Waals surface area contributed by atoms with Gasteiger partial charge in [0.15, 0.2) is 5.82 Å². The third-order valence-electron chi connectivity index (χ3n) is 4.25. The number of rotatable bonds is 6. The van der Waals surface area contributed by atoms with E-state index in [9.17, 15) is 4.79 Å². The van der Waals surface area contributed by atoms with Gasteiger partial charge >= 0.3 is 0 Å². The zero-order chi connectivity index (χ0) is 19.2. The Labute approximate surface area is 159 Å². The number of aryl methyl sites for hydroxylation is 1. The van der Waals surface area contributed by atoms with Crippen LogP contribution in [0.3, 0.4) is 0 Å². The fraction of sp³-hybridized carbons (Fsp3) is 0.227. The largest absolute Gasteiger partial charge is 0.439 e. The first-order valence-electron chi connectivity index (χ1n) is 9.04. The minimum Gasteiger partial charge on any atom is -0.439 e. The van der Waals surface area contributed by atoms with Crippen LogP contribution < -0.4 is 10.1 Å². The lowest BCUT2D eigenvalue weighted by Crippen LogP contribution is -2.31. The average molecular weight is 361 g/mol. The number of nitrogens with one attached hydrogen (secondary N) is 1. The summed E-state index contributed by atoms with van der Waals surface area (Å²) in [5, 5.41) is 2.95. The summed E-state index contributed by atoms with van der Waals surface area (Å²) in [6, 6.07) is 16.9. The van der Waals surface area contributed by atoms with Crippen molar-refractivity contribution in [2.24, 2.45) is 0 Å². The van der Waals surface area contributed by atoms with Gasteiger partial charge in [-0.15, -0.1) is 0 Å². The molecule has 5 heteroatoms. The number of hydrogen-bond acceptors (Lipinski definition) is 4. The molecule has 5 nitrogen and oxygen atoms in total. The van der Waals surface area contributed by atoms with Gasteiger partial charge < -0.3 is 10.1 Å². The van der Waals surface area contributed by atoms with E-state index in [0.717, 1.165) is 12.0 Å². The van der Waals surface area contributed by atoms with Crippen molar-refractivity contribution in [2.75, 3.05) is 0 Å². The van der Waals surface area contributed by atoms with Crippen molar-refractivity contribution in [2.45, 2.75) is 33.2 Å². The summed E-state index contributed by atoms with van der Waals surface area (Å²) < 4.78 is 5.86. The summed E-state index contributed by atoms with van der Waals surface area (Å²) >= 11 is 0. The maximum atomic E-state index is 12.3. The molecule has 1 N–H and O–H groups in total. The van der Waals surface area contributed by atoms with Gasteiger partial charge in [0.2, 0.25) is 5.88 Å². The molecular formula is C22H23N3O2. The van der Waals surface area contributed by atoms with Crippen molar-refractivity contribution >= 4 is 5.91 Å². The molecule has 3 aromatic rings. The lowest BCUT2D eigenvalue weighted by Gasteiger charge is -2.12. The smallest absolute Gasteiger partial charge is 0.251 e. The highest BCUT2D eigenvalue weighted by molar-refractivity contribution is 5.94. The van der Waals surface area contributed by atoms with Gasteiger partial charge in [-0.05, 0) is 38.5 Å². The lowest BCUT2D eigenvalue weighted by atomic mass is 10.1. The summed E-state index contributed by atoms with van der Waals surface area (Å²) in [5.74, 6) is 1.47. The summed E-state index contributed by atoms with van der Waals surface area (Å²) in [4.78, 5) is 21.1. The zero-order valence-corrected chi connectivity index (χ0v) is 15.8. The minimum absolute atomic E-state index is 0.113. The number of benzene rings is 2. The molecule has 1 amide bonds. The first kappa shape index (κ1) is 18.6. The van der Waals surface area contributed by atoms with Gasteiger partial charge in [-0.25, -0.2) is 4.98 Å². The average Bonchev–Trinajstić information content (AvgIpc) is 2.69. The third-order valence-corrected chi connectivity index (χ3v) is 4.25. The predicted molar refractivity (Wildman–Crippen MR) is 106 cm³/mol. The minimum atomic E-state index is -0.113. The Morgan fingerprint density at radius 3 is 2.67 bits per heavy atom. The zero-order valence-electron chi connectivity index (χ0n) is 15.8. The standard InChI is InChI=1S/C22H23N3O2/c1-4-16(3)24-22(26)18-6-5-7-19(14-18)27-20-12-13-23-21(25-20)17-10-8-15(2)9-11-17/h5-14,16H,4H2,1-3H3,(H,24,26)/t16-/m1/s1. The van der Waals surface area contributed by atoms with E-state index in [-0.39, 0.29) is 11.9 Å². The highest BCUT2D eigenvalue weighted by Crippen LogP contribution is 2.23. The van der Waals surface area contributed by atoms with Crippen LogP contribution in [0.5, 0.6) is 11.6 Å². The Hall–Kier alpha value is -3.21. The SMILES string of the molecule is CC[C@@H](C)NC(=O)c1cccc(Oc2ccnc(-c3ccc(C)cc3)n2)c1. The molecule has 0 aliphatic heterocycles. The molecule has 2 aromatic carbocycles. The van der Waals surface area contributed by atoms with Crippen LogP contribution in [0, 0.1) is 6.92 Å². The fourth-order valence-corrected chi connectivity index (χ4v) is 2.47. The molecule has 0 unspecified atom stereocenters. The second-order valence-corrected chi connectivity index (χ2v) is 6.50. The Morgan fingerprint density at radius 1 is 1.15 bits per heavy atom. The molecule has 138 valence electrons. The van der Waals surface area contributed by atoms with Crippen LogP contribution in [0.25, 0.3) is 11.4 Å². The summed E-state index contributed by atoms with van der Waals surface area (Å²) in [5.41, 5.74) is 2.66. The van der Waals surface area contributed by atoms with Crippen molar-refractivity contribution < 1.29 is 9.53 Å². The van der Waals surface area contributed by atoms with Crippen LogP contribution in [0.2, 0.25) is 0 Å². The van der Waals surface area contributed by atoms with E-state index in [1.807, 2.05) is 45.0 Å². The van der Waals surface area contributed by atoms with Crippen LogP contribution in [-0.2, 0) is 0 Å². The summed E-state index contributed by atoms with van der Waals surface area (Å²) in [6.45, 7) is 6.05. The maximum Gasteiger partial charge on any atom is 0.251 e. The second-order valence-electron chi connectivity index (χ2n) is 6.50. The van der Waals surface area contributed by atoms with E-state index >= 15 is 0 Å². The molecule has 0 radical (unpaired) electrons. The van der Waals surface area contributed by atoms with Crippen LogP contribution in [0.1, 0.15) is 36.2 Å². The Balaban J connectivity index is 1.77. The van der Waals surface area contributed by atoms with Crippen molar-refractivity contribution in [3.05, 3.63) is 71.9 Å². The predicted octanol–water partition coefficient (Wildman–Crippen LogP) is 4.77. The molecular weight excluding hydrogens is 338 g/mol. The van der Waals surface area contributed by atoms with E-state index in [2.05, 4.69) is 15.3 Å². The molecule has 0 saturated heterocycles. The first-order valence-corrected chi connectivity index (χ1v) is 9.04. The van der Waals surface area contributed by atoms with Crippen molar-refractivity contribution in [3.63, 3.8) is 0 Å². The molecule has 0 saturated carbocycles. The molecule has 27 heavy (non-hydrogen) atoms. The molecule has 0 aliphatic rings. The van der Waals surface area contributed by atoms with Crippen LogP contribution in [0.15, 0.2) is 60.8 Å². The van der Waals surface area contributed by atoms with Gasteiger partial charge in [0, 0.05) is 29.4 Å². The van der Waals surface area contributed by atoms with Crippen molar-refractivity contribution in [3.8, 4) is 23.0 Å². The number of aromatic nitrogens is 2. The quantitative estimate of drug-likeness (QED) is 0.687. The molecule has 3 rings (SSSR count). The lowest BCUT2D eigenvalue weighted by molar-refractivity contribution is 0.0939. The number of carbonyl (C=O) groups excluding carboxylic acids is 1. The molecule has 0 fully saturated rings. The van der Waals surface area contributed by atoms with Gasteiger partial charge in [-0.1, -0.05) is 42.8 Å². The Morgan fingerprint density at radius 2 is 1.93 bits per heavy atom. The fourth-order valence-electron chi connectivity index (χ4n) is 2.47. The van der Waals surface area contributed by atoms with Gasteiger partial charge in [0.1, 0.15) is 5.75 Å². The summed E-state index contributed by atoms with van der Waals surface area (Å²) in [6.07, 6.45) is 2.54. The number of amides is 1. The summed E-state index contributed by atoms with van der Waals surface area (Å²) in [7, 11) is 0. The number of ether oxygens (including phenoxy) is 1. The van der Waals surface area contributed by atoms with Crippen molar-refractivity contribution in [1.82, 2.24) is 15.3 Å². The van der Waals surface area contributed by atoms with Crippen LogP contribution in [0.4, 0.5) is 0 Å². The Bertz CT molecular complexity index is 923. The van der Waals surface area contributed by atoms with Gasteiger partial charge in [0.05, 0.1) is 0 Å². The highest BCUT2D eigenvalue weighted by atomic mass is 16.5. The van der Waals surface area contributed by atoms with E-state index in [1.165, 1.54) is 5.56 Å². The van der Waals surface area contributed by atoms with Crippen LogP contribution >= 0.6 is 0 Å². The van der Waals surface area contributed by atoms with Gasteiger partial charge in [-0.3, -0.25) is 4.79 Å². The van der Waals surface area contributed by atoms with Crippen LogP contribution in [-0.4, -0.2) is 21.9 Å². The normalized spacial score (nSPS) is 11.7. The van der Waals surface area contributed by atoms with E-state index in [1.54, 1.807) is 36.5 Å². The Kier molecular flexibility index (Phi) is 5.81. The molecule has 1 heterocycles. The number of nitrogens with zero attached hydrogens (tertiary/aromatic N) is 2. The van der Waals surface area contributed by atoms with Crippen molar-refractivity contribution in [1.29, 1.82) is 0 Å². The highest BCUT2D eigenvalue weighted by Gasteiger charge is 2.10. The monoisotopic (exact) mass is 361 g/mol.